The van der Waals surface area contributed by atoms with Crippen molar-refractivity contribution in [1.82, 2.24) is 0 Å². The molecule has 0 spiro atoms. The predicted octanol–water partition coefficient (Wildman–Crippen LogP) is 3.75. The van der Waals surface area contributed by atoms with Crippen molar-refractivity contribution in [1.29, 1.82) is 0 Å². The van der Waals surface area contributed by atoms with Gasteiger partial charge in [-0.25, -0.2) is 0 Å². The van der Waals surface area contributed by atoms with Gasteiger partial charge in [0.1, 0.15) is 0 Å². The van der Waals surface area contributed by atoms with Gasteiger partial charge in [-0.15, -0.1) is 0 Å². The molecule has 10 heteroatoms. The topological polar surface area (TPSA) is 109 Å². The monoisotopic (exact) mass is 422 g/mol. The maximum atomic E-state index is 11.5. The van der Waals surface area contributed by atoms with Crippen molar-refractivity contribution in [3.63, 3.8) is 0 Å². The molecule has 0 aliphatic heterocycles. The minimum absolute atomic E-state index is 0.320. The molecule has 2 N–H and O–H groups in total. The molecule has 0 aliphatic rings. The van der Waals surface area contributed by atoms with E-state index in [1.165, 1.54) is 21.6 Å². The van der Waals surface area contributed by atoms with E-state index in [1.54, 1.807) is 41.5 Å². The van der Waals surface area contributed by atoms with E-state index in [0.717, 1.165) is 0 Å². The Hall–Kier alpha value is 0.520. The van der Waals surface area contributed by atoms with Gasteiger partial charge in [0, 0.05) is 11.5 Å². The summed E-state index contributed by atoms with van der Waals surface area (Å²) in [6, 6.07) is 0. The Labute approximate surface area is 154 Å². The fourth-order valence-corrected chi connectivity index (χ4v) is 7.59. The van der Waals surface area contributed by atoms with E-state index in [9.17, 15) is 25.9 Å². The van der Waals surface area contributed by atoms with Crippen molar-refractivity contribution < 1.29 is 25.9 Å². The van der Waals surface area contributed by atoms with E-state index in [4.69, 9.17) is 0 Å². The summed E-state index contributed by atoms with van der Waals surface area (Å²) in [5, 5.41) is -1.67. The van der Waals surface area contributed by atoms with Crippen molar-refractivity contribution in [2.24, 2.45) is 10.8 Å². The molecule has 0 heterocycles. The van der Waals surface area contributed by atoms with Gasteiger partial charge in [0.2, 0.25) is 0 Å². The van der Waals surface area contributed by atoms with Crippen LogP contribution in [0, 0.1) is 10.8 Å². The summed E-state index contributed by atoms with van der Waals surface area (Å²) in [5.74, 6) is 1.05. The summed E-state index contributed by atoms with van der Waals surface area (Å²) >= 11 is 0. The van der Waals surface area contributed by atoms with Gasteiger partial charge in [-0.1, -0.05) is 63.1 Å². The molecule has 146 valence electrons. The highest BCUT2D eigenvalue weighted by Gasteiger charge is 2.35. The van der Waals surface area contributed by atoms with Gasteiger partial charge in [0.15, 0.2) is 0 Å². The molecule has 0 radical (unpaired) electrons. The van der Waals surface area contributed by atoms with E-state index in [-0.39, 0.29) is 0 Å². The number of rotatable bonds is 9. The SMILES string of the molecule is CC(C)(C)C(CCSSCCC(C(C)(C)C)S(=O)(=O)O)S(=O)(=O)O. The van der Waals surface area contributed by atoms with Crippen LogP contribution < -0.4 is 0 Å². The van der Waals surface area contributed by atoms with Crippen molar-refractivity contribution in [3.05, 3.63) is 0 Å². The van der Waals surface area contributed by atoms with Crippen molar-refractivity contribution in [2.75, 3.05) is 11.5 Å². The van der Waals surface area contributed by atoms with Crippen LogP contribution in [0.5, 0.6) is 0 Å². The molecule has 0 amide bonds. The highest BCUT2D eigenvalue weighted by molar-refractivity contribution is 8.76. The average Bonchev–Trinajstić information content (AvgIpc) is 2.25. The summed E-state index contributed by atoms with van der Waals surface area (Å²) in [5.41, 5.74) is -1.11. The van der Waals surface area contributed by atoms with Gasteiger partial charge in [-0.05, 0) is 23.7 Å². The lowest BCUT2D eigenvalue weighted by molar-refractivity contribution is 0.344. The fraction of sp³-hybridized carbons (Fsp3) is 1.00. The molecule has 0 aromatic rings. The molecule has 0 aromatic heterocycles. The fourth-order valence-electron chi connectivity index (χ4n) is 2.49. The molecular weight excluding hydrogens is 392 g/mol. The predicted molar refractivity (Wildman–Crippen MR) is 104 cm³/mol. The first kappa shape index (κ1) is 24.5. The van der Waals surface area contributed by atoms with Gasteiger partial charge >= 0.3 is 0 Å². The van der Waals surface area contributed by atoms with Crippen LogP contribution in [0.15, 0.2) is 0 Å². The van der Waals surface area contributed by atoms with Gasteiger partial charge in [0.05, 0.1) is 10.5 Å². The van der Waals surface area contributed by atoms with E-state index >= 15 is 0 Å². The zero-order valence-corrected chi connectivity index (χ0v) is 18.4. The number of hydrogen-bond donors (Lipinski definition) is 2. The van der Waals surface area contributed by atoms with Crippen LogP contribution in [0.25, 0.3) is 0 Å². The van der Waals surface area contributed by atoms with Crippen LogP contribution in [0.2, 0.25) is 0 Å². The third kappa shape index (κ3) is 9.28. The summed E-state index contributed by atoms with van der Waals surface area (Å²) < 4.78 is 64.5. The third-order valence-corrected chi connectivity index (χ3v) is 9.46. The third-order valence-electron chi connectivity index (χ3n) is 3.66. The van der Waals surface area contributed by atoms with Crippen molar-refractivity contribution >= 4 is 41.8 Å². The minimum atomic E-state index is -4.10. The van der Waals surface area contributed by atoms with Crippen molar-refractivity contribution in [3.8, 4) is 0 Å². The highest BCUT2D eigenvalue weighted by atomic mass is 33.1. The Balaban J connectivity index is 4.41. The van der Waals surface area contributed by atoms with Crippen LogP contribution >= 0.6 is 21.6 Å². The minimum Gasteiger partial charge on any atom is -0.285 e. The molecule has 0 saturated carbocycles. The van der Waals surface area contributed by atoms with Gasteiger partial charge in [0.25, 0.3) is 20.2 Å². The zero-order valence-electron chi connectivity index (χ0n) is 15.1. The summed E-state index contributed by atoms with van der Waals surface area (Å²) in [7, 11) is -5.32. The quantitative estimate of drug-likeness (QED) is 0.328. The lowest BCUT2D eigenvalue weighted by Gasteiger charge is -2.28. The Bertz CT molecular complexity index is 530. The highest BCUT2D eigenvalue weighted by Crippen LogP contribution is 2.34. The van der Waals surface area contributed by atoms with Gasteiger partial charge in [-0.2, -0.15) is 16.8 Å². The molecule has 0 aromatic carbocycles. The van der Waals surface area contributed by atoms with Gasteiger partial charge in [-0.3, -0.25) is 9.11 Å². The summed E-state index contributed by atoms with van der Waals surface area (Å²) in [4.78, 5) is 0. The van der Waals surface area contributed by atoms with E-state index in [0.29, 0.717) is 24.3 Å². The maximum absolute atomic E-state index is 11.5. The Morgan fingerprint density at radius 2 is 0.958 bits per heavy atom. The van der Waals surface area contributed by atoms with E-state index < -0.39 is 41.6 Å². The lowest BCUT2D eigenvalue weighted by atomic mass is 9.90. The van der Waals surface area contributed by atoms with Crippen molar-refractivity contribution in [2.45, 2.75) is 64.9 Å². The molecule has 24 heavy (non-hydrogen) atoms. The first-order valence-corrected chi connectivity index (χ1v) is 13.1. The van der Waals surface area contributed by atoms with Crippen LogP contribution in [0.3, 0.4) is 0 Å². The molecule has 6 nitrogen and oxygen atoms in total. The smallest absolute Gasteiger partial charge is 0.268 e. The average molecular weight is 423 g/mol. The molecule has 2 unspecified atom stereocenters. The second-order valence-corrected chi connectivity index (χ2v) is 13.9. The van der Waals surface area contributed by atoms with Gasteiger partial charge < -0.3 is 0 Å². The summed E-state index contributed by atoms with van der Waals surface area (Å²) in [6.07, 6.45) is 0.641. The van der Waals surface area contributed by atoms with Crippen LogP contribution in [-0.4, -0.2) is 47.9 Å². The zero-order chi connectivity index (χ0) is 19.4. The first-order valence-electron chi connectivity index (χ1n) is 7.64. The second kappa shape index (κ2) is 8.94. The molecular formula is C14H30O6S4. The molecule has 0 fully saturated rings. The normalized spacial score (nSPS) is 16.8. The van der Waals surface area contributed by atoms with Crippen LogP contribution in [-0.2, 0) is 20.2 Å². The second-order valence-electron chi connectivity index (χ2n) is 7.96. The van der Waals surface area contributed by atoms with Crippen LogP contribution in [0.1, 0.15) is 54.4 Å². The number of hydrogen-bond acceptors (Lipinski definition) is 6. The standard InChI is InChI=1S/C14H30O6S4/c1-13(2,3)11(23(15,16)17)7-9-21-22-10-8-12(14(4,5)6)24(18,19)20/h11-12H,7-10H2,1-6H3,(H,15,16,17)(H,18,19,20). The molecule has 0 saturated heterocycles. The molecule has 0 aliphatic carbocycles. The Kier molecular flexibility index (Phi) is 9.14. The lowest BCUT2D eigenvalue weighted by Crippen LogP contribution is -2.35. The largest absolute Gasteiger partial charge is 0.285 e. The molecule has 0 rings (SSSR count). The maximum Gasteiger partial charge on any atom is 0.268 e. The van der Waals surface area contributed by atoms with E-state index in [1.807, 2.05) is 0 Å². The van der Waals surface area contributed by atoms with E-state index in [2.05, 4.69) is 0 Å². The summed E-state index contributed by atoms with van der Waals surface area (Å²) in [6.45, 7) is 10.6. The Morgan fingerprint density at radius 1 is 0.708 bits per heavy atom. The van der Waals surface area contributed by atoms with Crippen LogP contribution in [0.4, 0.5) is 0 Å². The molecule has 0 bridgehead atoms. The Morgan fingerprint density at radius 3 is 1.12 bits per heavy atom. The molecule has 2 atom stereocenters. The first-order chi connectivity index (χ1) is 10.5.